The van der Waals surface area contributed by atoms with Crippen molar-refractivity contribution in [3.8, 4) is 11.3 Å². The summed E-state index contributed by atoms with van der Waals surface area (Å²) in [5.74, 6) is 0. The molecule has 0 saturated carbocycles. The Bertz CT molecular complexity index is 1260. The van der Waals surface area contributed by atoms with Crippen molar-refractivity contribution in [2.24, 2.45) is 7.05 Å². The molecule has 5 aromatic rings. The number of aromatic nitrogens is 1. The van der Waals surface area contributed by atoms with E-state index in [1.807, 2.05) is 12.1 Å². The highest BCUT2D eigenvalue weighted by atomic mass is 16.3. The van der Waals surface area contributed by atoms with E-state index in [2.05, 4.69) is 79.3 Å². The van der Waals surface area contributed by atoms with Gasteiger partial charge in [-0.2, -0.15) is 0 Å². The van der Waals surface area contributed by atoms with Crippen molar-refractivity contribution in [2.45, 2.75) is 6.92 Å². The molecule has 25 heavy (non-hydrogen) atoms. The Balaban J connectivity index is 2.07. The molecule has 0 spiro atoms. The predicted molar refractivity (Wildman–Crippen MR) is 103 cm³/mol. The number of fused-ring (bicyclic) bond motifs is 5. The van der Waals surface area contributed by atoms with Crippen molar-refractivity contribution in [3.05, 3.63) is 78.5 Å². The van der Waals surface area contributed by atoms with Crippen molar-refractivity contribution >= 4 is 32.7 Å². The van der Waals surface area contributed by atoms with Gasteiger partial charge in [0.25, 0.3) is 0 Å². The number of hydrogen-bond donors (Lipinski definition) is 0. The maximum atomic E-state index is 6.28. The minimum atomic E-state index is 0.945. The molecule has 0 atom stereocenters. The molecule has 0 aliphatic carbocycles. The number of rotatable bonds is 1. The van der Waals surface area contributed by atoms with E-state index in [0.717, 1.165) is 11.2 Å². The first kappa shape index (κ1) is 14.2. The molecule has 0 N–H and O–H groups in total. The van der Waals surface area contributed by atoms with Crippen molar-refractivity contribution in [3.63, 3.8) is 0 Å². The van der Waals surface area contributed by atoms with Crippen LogP contribution in [-0.4, -0.2) is 0 Å². The van der Waals surface area contributed by atoms with E-state index < -0.39 is 0 Å². The fraction of sp³-hybridized carbons (Fsp3) is 0.0870. The Morgan fingerprint density at radius 1 is 0.760 bits per heavy atom. The summed E-state index contributed by atoms with van der Waals surface area (Å²) in [7, 11) is 2.09. The highest BCUT2D eigenvalue weighted by molar-refractivity contribution is 6.23. The van der Waals surface area contributed by atoms with E-state index in [-0.39, 0.29) is 0 Å². The van der Waals surface area contributed by atoms with Gasteiger partial charge in [0.2, 0.25) is 5.69 Å². The van der Waals surface area contributed by atoms with Gasteiger partial charge < -0.3 is 4.42 Å². The van der Waals surface area contributed by atoms with E-state index in [4.69, 9.17) is 4.42 Å². The van der Waals surface area contributed by atoms with Crippen LogP contribution in [0.4, 0.5) is 0 Å². The Morgan fingerprint density at radius 2 is 1.44 bits per heavy atom. The zero-order chi connectivity index (χ0) is 17.0. The van der Waals surface area contributed by atoms with Crippen LogP contribution in [0.3, 0.4) is 0 Å². The molecule has 5 rings (SSSR count). The fourth-order valence-electron chi connectivity index (χ4n) is 3.92. The normalized spacial score (nSPS) is 11.6. The van der Waals surface area contributed by atoms with E-state index in [1.165, 1.54) is 38.4 Å². The second-order valence-electron chi connectivity index (χ2n) is 6.54. The van der Waals surface area contributed by atoms with Crippen LogP contribution >= 0.6 is 0 Å². The van der Waals surface area contributed by atoms with Crippen LogP contribution in [0.15, 0.2) is 77.3 Å². The van der Waals surface area contributed by atoms with Crippen LogP contribution in [0.2, 0.25) is 0 Å². The molecule has 0 saturated heterocycles. The van der Waals surface area contributed by atoms with Gasteiger partial charge in [0.1, 0.15) is 18.2 Å². The smallest absolute Gasteiger partial charge is 0.213 e. The van der Waals surface area contributed by atoms with Gasteiger partial charge in [-0.25, -0.2) is 4.57 Å². The lowest BCUT2D eigenvalue weighted by Crippen LogP contribution is -2.30. The van der Waals surface area contributed by atoms with Crippen LogP contribution in [0.25, 0.3) is 44.0 Å². The average Bonchev–Trinajstić information content (AvgIpc) is 3.04. The van der Waals surface area contributed by atoms with Crippen LogP contribution in [0, 0.1) is 6.92 Å². The van der Waals surface area contributed by atoms with E-state index in [0.29, 0.717) is 0 Å². The van der Waals surface area contributed by atoms with Gasteiger partial charge in [-0.15, -0.1) is 0 Å². The Morgan fingerprint density at radius 3 is 2.24 bits per heavy atom. The fourth-order valence-corrected chi connectivity index (χ4v) is 3.92. The van der Waals surface area contributed by atoms with Crippen molar-refractivity contribution in [1.82, 2.24) is 0 Å². The average molecular weight is 324 g/mol. The van der Waals surface area contributed by atoms with Gasteiger partial charge in [0.15, 0.2) is 6.20 Å². The van der Waals surface area contributed by atoms with Crippen LogP contribution < -0.4 is 4.57 Å². The molecule has 0 fully saturated rings. The minimum absolute atomic E-state index is 0.945. The third-order valence-corrected chi connectivity index (χ3v) is 5.09. The van der Waals surface area contributed by atoms with E-state index in [1.54, 1.807) is 0 Å². The Hall–Kier alpha value is -3.13. The van der Waals surface area contributed by atoms with Crippen molar-refractivity contribution < 1.29 is 8.98 Å². The molecular formula is C23H18NO+. The first-order valence-corrected chi connectivity index (χ1v) is 8.53. The van der Waals surface area contributed by atoms with Gasteiger partial charge >= 0.3 is 0 Å². The first-order valence-electron chi connectivity index (χ1n) is 8.53. The highest BCUT2D eigenvalue weighted by Crippen LogP contribution is 2.41. The van der Waals surface area contributed by atoms with Gasteiger partial charge in [0.05, 0.1) is 5.56 Å². The number of pyridine rings is 1. The molecule has 3 aromatic carbocycles. The summed E-state index contributed by atoms with van der Waals surface area (Å²) in [5.41, 5.74) is 5.55. The van der Waals surface area contributed by atoms with E-state index in [9.17, 15) is 0 Å². The van der Waals surface area contributed by atoms with E-state index >= 15 is 0 Å². The molecule has 0 radical (unpaired) electrons. The molecular weight excluding hydrogens is 306 g/mol. The van der Waals surface area contributed by atoms with Gasteiger partial charge in [0, 0.05) is 28.5 Å². The molecule has 0 amide bonds. The van der Waals surface area contributed by atoms with Gasteiger partial charge in [-0.1, -0.05) is 42.5 Å². The molecule has 2 aromatic heterocycles. The summed E-state index contributed by atoms with van der Waals surface area (Å²) in [6.07, 6.45) is 2.09. The summed E-state index contributed by atoms with van der Waals surface area (Å²) < 4.78 is 8.45. The standard InChI is InChI=1S/C23H18NO/c1-15-21(19-12-7-8-14-24(19)2)16-9-3-4-10-17(16)22-18-11-5-6-13-20(18)25-23(15)22/h3-14H,1-2H3/q+1. The second-order valence-corrected chi connectivity index (χ2v) is 6.54. The van der Waals surface area contributed by atoms with Crippen LogP contribution in [-0.2, 0) is 7.05 Å². The number of aryl methyl sites for hydroxylation is 2. The molecule has 0 bridgehead atoms. The zero-order valence-electron chi connectivity index (χ0n) is 14.3. The summed E-state index contributed by atoms with van der Waals surface area (Å²) in [5, 5.41) is 4.90. The van der Waals surface area contributed by atoms with Gasteiger partial charge in [-0.05, 0) is 29.8 Å². The van der Waals surface area contributed by atoms with Crippen molar-refractivity contribution in [2.75, 3.05) is 0 Å². The monoisotopic (exact) mass is 324 g/mol. The zero-order valence-corrected chi connectivity index (χ0v) is 14.3. The van der Waals surface area contributed by atoms with Crippen LogP contribution in [0.5, 0.6) is 0 Å². The Kier molecular flexibility index (Phi) is 2.95. The lowest BCUT2D eigenvalue weighted by molar-refractivity contribution is -0.660. The molecule has 2 heterocycles. The van der Waals surface area contributed by atoms with Gasteiger partial charge in [-0.3, -0.25) is 0 Å². The lowest BCUT2D eigenvalue weighted by Gasteiger charge is -2.10. The summed E-state index contributed by atoms with van der Waals surface area (Å²) >= 11 is 0. The summed E-state index contributed by atoms with van der Waals surface area (Å²) in [4.78, 5) is 0. The molecule has 0 unspecified atom stereocenters. The van der Waals surface area contributed by atoms with Crippen LogP contribution in [0.1, 0.15) is 5.56 Å². The molecule has 0 aliphatic heterocycles. The first-order chi connectivity index (χ1) is 12.3. The maximum Gasteiger partial charge on any atom is 0.213 e. The number of hydrogen-bond acceptors (Lipinski definition) is 1. The number of furan rings is 1. The molecule has 0 aliphatic rings. The maximum absolute atomic E-state index is 6.28. The number of para-hydroxylation sites is 1. The number of nitrogens with zero attached hydrogens (tertiary/aromatic N) is 1. The molecule has 2 nitrogen and oxygen atoms in total. The molecule has 2 heteroatoms. The van der Waals surface area contributed by atoms with Crippen molar-refractivity contribution in [1.29, 1.82) is 0 Å². The summed E-state index contributed by atoms with van der Waals surface area (Å²) in [6.45, 7) is 2.17. The SMILES string of the molecule is Cc1c(-c2cccc[n+]2C)c2ccccc2c2c1oc1ccccc12. The topological polar surface area (TPSA) is 17.0 Å². The lowest BCUT2D eigenvalue weighted by atomic mass is 9.93. The quantitative estimate of drug-likeness (QED) is 0.370. The predicted octanol–water partition coefficient (Wildman–Crippen LogP) is 5.54. The largest absolute Gasteiger partial charge is 0.456 e. The number of benzene rings is 3. The summed E-state index contributed by atoms with van der Waals surface area (Å²) in [6, 6.07) is 23.2. The Labute approximate surface area is 145 Å². The molecule has 120 valence electrons. The third-order valence-electron chi connectivity index (χ3n) is 5.09. The second kappa shape index (κ2) is 5.18. The highest BCUT2D eigenvalue weighted by Gasteiger charge is 2.22. The minimum Gasteiger partial charge on any atom is -0.456 e. The third kappa shape index (κ3) is 1.94.